The predicted octanol–water partition coefficient (Wildman–Crippen LogP) is 1.13. The van der Waals surface area contributed by atoms with Gasteiger partial charge >= 0.3 is 5.97 Å². The number of nitrogens with one attached hydrogen (secondary N) is 1. The summed E-state index contributed by atoms with van der Waals surface area (Å²) in [5.74, 6) is -0.993. The van der Waals surface area contributed by atoms with Crippen molar-refractivity contribution in [2.75, 3.05) is 11.9 Å². The monoisotopic (exact) mass is 208 g/mol. The first kappa shape index (κ1) is 11.5. The molecule has 4 N–H and O–H groups in total. The summed E-state index contributed by atoms with van der Waals surface area (Å²) in [6.45, 7) is 4.22. The molecule has 1 atom stereocenters. The van der Waals surface area contributed by atoms with Crippen LogP contribution in [0.2, 0.25) is 0 Å². The number of carboxylic acid groups (broad SMARTS) is 1. The van der Waals surface area contributed by atoms with Crippen molar-refractivity contribution < 1.29 is 9.90 Å². The number of carbonyl (C=O) groups is 1. The van der Waals surface area contributed by atoms with Crippen LogP contribution in [0.5, 0.6) is 0 Å². The molecule has 0 heterocycles. The Balaban J connectivity index is 2.62. The Hall–Kier alpha value is -1.55. The Morgan fingerprint density at radius 1 is 1.53 bits per heavy atom. The maximum absolute atomic E-state index is 10.5. The van der Waals surface area contributed by atoms with E-state index in [1.165, 1.54) is 5.56 Å². The molecule has 1 aromatic carbocycles. The van der Waals surface area contributed by atoms with Gasteiger partial charge in [-0.05, 0) is 25.5 Å². The molecular weight excluding hydrogens is 192 g/mol. The zero-order valence-corrected chi connectivity index (χ0v) is 8.95. The van der Waals surface area contributed by atoms with Gasteiger partial charge in [0.05, 0.1) is 0 Å². The van der Waals surface area contributed by atoms with Crippen LogP contribution >= 0.6 is 0 Å². The van der Waals surface area contributed by atoms with Crippen molar-refractivity contribution in [2.24, 2.45) is 5.73 Å². The van der Waals surface area contributed by atoms with E-state index in [0.717, 1.165) is 11.3 Å². The van der Waals surface area contributed by atoms with Crippen LogP contribution in [0, 0.1) is 13.8 Å². The Kier molecular flexibility index (Phi) is 3.68. The maximum atomic E-state index is 10.5. The lowest BCUT2D eigenvalue weighted by molar-refractivity contribution is -0.138. The average Bonchev–Trinajstić information content (AvgIpc) is 2.15. The fourth-order valence-corrected chi connectivity index (χ4v) is 1.32. The van der Waals surface area contributed by atoms with Crippen LogP contribution in [0.15, 0.2) is 18.2 Å². The topological polar surface area (TPSA) is 75.3 Å². The predicted molar refractivity (Wildman–Crippen MR) is 60.0 cm³/mol. The minimum absolute atomic E-state index is 0.235. The van der Waals surface area contributed by atoms with E-state index in [-0.39, 0.29) is 6.54 Å². The van der Waals surface area contributed by atoms with E-state index < -0.39 is 12.0 Å². The van der Waals surface area contributed by atoms with Crippen molar-refractivity contribution in [3.8, 4) is 0 Å². The van der Waals surface area contributed by atoms with E-state index in [0.29, 0.717) is 0 Å². The van der Waals surface area contributed by atoms with Crippen LogP contribution in [-0.2, 0) is 4.79 Å². The number of aryl methyl sites for hydroxylation is 2. The molecule has 0 aromatic heterocycles. The van der Waals surface area contributed by atoms with Crippen LogP contribution < -0.4 is 11.1 Å². The molecule has 0 radical (unpaired) electrons. The summed E-state index contributed by atoms with van der Waals surface area (Å²) in [5.41, 5.74) is 8.58. The Morgan fingerprint density at radius 2 is 2.20 bits per heavy atom. The molecule has 1 aromatic rings. The largest absolute Gasteiger partial charge is 0.480 e. The Morgan fingerprint density at radius 3 is 2.73 bits per heavy atom. The normalized spacial score (nSPS) is 12.2. The number of nitrogens with two attached hydrogens (primary N) is 1. The van der Waals surface area contributed by atoms with Gasteiger partial charge in [0.2, 0.25) is 0 Å². The smallest absolute Gasteiger partial charge is 0.322 e. The third-order valence-electron chi connectivity index (χ3n) is 2.21. The van der Waals surface area contributed by atoms with Crippen molar-refractivity contribution in [1.82, 2.24) is 0 Å². The van der Waals surface area contributed by atoms with Gasteiger partial charge in [0, 0.05) is 12.2 Å². The standard InChI is InChI=1S/C11H16N2O2/c1-7-3-4-10(8(2)5-7)13-6-9(12)11(14)15/h3-5,9,13H,6,12H2,1-2H3,(H,14,15). The second kappa shape index (κ2) is 4.79. The average molecular weight is 208 g/mol. The Bertz CT molecular complexity index is 364. The van der Waals surface area contributed by atoms with E-state index in [9.17, 15) is 4.79 Å². The molecule has 4 nitrogen and oxygen atoms in total. The summed E-state index contributed by atoms with van der Waals surface area (Å²) < 4.78 is 0. The van der Waals surface area contributed by atoms with E-state index in [4.69, 9.17) is 10.8 Å². The molecule has 1 unspecified atom stereocenters. The molecule has 0 amide bonds. The van der Waals surface area contributed by atoms with Crippen LogP contribution in [-0.4, -0.2) is 23.7 Å². The first-order valence-electron chi connectivity index (χ1n) is 4.80. The molecule has 1 rings (SSSR count). The third kappa shape index (κ3) is 3.25. The van der Waals surface area contributed by atoms with Gasteiger partial charge in [-0.15, -0.1) is 0 Å². The SMILES string of the molecule is Cc1ccc(NCC(N)C(=O)O)c(C)c1. The molecule has 4 heteroatoms. The van der Waals surface area contributed by atoms with Crippen LogP contribution in [0.25, 0.3) is 0 Å². The summed E-state index contributed by atoms with van der Waals surface area (Å²) >= 11 is 0. The van der Waals surface area contributed by atoms with E-state index in [1.807, 2.05) is 32.0 Å². The molecule has 0 bridgehead atoms. The maximum Gasteiger partial charge on any atom is 0.322 e. The highest BCUT2D eigenvalue weighted by atomic mass is 16.4. The molecule has 0 aliphatic heterocycles. The van der Waals surface area contributed by atoms with Gasteiger partial charge in [0.25, 0.3) is 0 Å². The van der Waals surface area contributed by atoms with Gasteiger partial charge in [-0.1, -0.05) is 17.7 Å². The molecule has 82 valence electrons. The summed E-state index contributed by atoms with van der Waals surface area (Å²) in [6.07, 6.45) is 0. The molecule has 0 saturated carbocycles. The molecule has 15 heavy (non-hydrogen) atoms. The van der Waals surface area contributed by atoms with E-state index >= 15 is 0 Å². The molecule has 0 aliphatic rings. The first-order valence-corrected chi connectivity index (χ1v) is 4.80. The van der Waals surface area contributed by atoms with Crippen molar-refractivity contribution in [3.63, 3.8) is 0 Å². The number of rotatable bonds is 4. The highest BCUT2D eigenvalue weighted by Crippen LogP contribution is 2.15. The molecule has 0 aliphatic carbocycles. The lowest BCUT2D eigenvalue weighted by Gasteiger charge is -2.12. The van der Waals surface area contributed by atoms with Crippen molar-refractivity contribution in [3.05, 3.63) is 29.3 Å². The van der Waals surface area contributed by atoms with Gasteiger partial charge in [0.15, 0.2) is 0 Å². The second-order valence-electron chi connectivity index (χ2n) is 3.64. The molecular formula is C11H16N2O2. The van der Waals surface area contributed by atoms with Crippen molar-refractivity contribution >= 4 is 11.7 Å². The molecule has 0 spiro atoms. The zero-order chi connectivity index (χ0) is 11.4. The van der Waals surface area contributed by atoms with Crippen LogP contribution in [0.3, 0.4) is 0 Å². The number of benzene rings is 1. The number of aliphatic carboxylic acids is 1. The quantitative estimate of drug-likeness (QED) is 0.693. The lowest BCUT2D eigenvalue weighted by Crippen LogP contribution is -2.37. The highest BCUT2D eigenvalue weighted by molar-refractivity contribution is 5.74. The van der Waals surface area contributed by atoms with Crippen LogP contribution in [0.4, 0.5) is 5.69 Å². The summed E-state index contributed by atoms with van der Waals surface area (Å²) in [7, 11) is 0. The van der Waals surface area contributed by atoms with Crippen molar-refractivity contribution in [2.45, 2.75) is 19.9 Å². The van der Waals surface area contributed by atoms with Gasteiger partial charge in [0.1, 0.15) is 6.04 Å². The number of hydrogen-bond donors (Lipinski definition) is 3. The summed E-state index contributed by atoms with van der Waals surface area (Å²) in [5, 5.41) is 11.6. The number of hydrogen-bond acceptors (Lipinski definition) is 3. The lowest BCUT2D eigenvalue weighted by atomic mass is 10.1. The third-order valence-corrected chi connectivity index (χ3v) is 2.21. The van der Waals surface area contributed by atoms with E-state index in [2.05, 4.69) is 5.32 Å². The van der Waals surface area contributed by atoms with Gasteiger partial charge in [-0.2, -0.15) is 0 Å². The zero-order valence-electron chi connectivity index (χ0n) is 8.95. The fraction of sp³-hybridized carbons (Fsp3) is 0.364. The second-order valence-corrected chi connectivity index (χ2v) is 3.64. The van der Waals surface area contributed by atoms with Crippen LogP contribution in [0.1, 0.15) is 11.1 Å². The Labute approximate surface area is 89.1 Å². The molecule has 0 fully saturated rings. The van der Waals surface area contributed by atoms with Gasteiger partial charge in [-0.3, -0.25) is 4.79 Å². The highest BCUT2D eigenvalue weighted by Gasteiger charge is 2.10. The number of anilines is 1. The van der Waals surface area contributed by atoms with E-state index in [1.54, 1.807) is 0 Å². The number of carboxylic acids is 1. The first-order chi connectivity index (χ1) is 7.00. The fourth-order valence-electron chi connectivity index (χ4n) is 1.32. The van der Waals surface area contributed by atoms with Gasteiger partial charge < -0.3 is 16.2 Å². The minimum atomic E-state index is -0.993. The summed E-state index contributed by atoms with van der Waals surface area (Å²) in [4.78, 5) is 10.5. The molecule has 0 saturated heterocycles. The minimum Gasteiger partial charge on any atom is -0.480 e. The van der Waals surface area contributed by atoms with Gasteiger partial charge in [-0.25, -0.2) is 0 Å². The summed E-state index contributed by atoms with van der Waals surface area (Å²) in [6, 6.07) is 5.07. The van der Waals surface area contributed by atoms with Crippen molar-refractivity contribution in [1.29, 1.82) is 0 Å².